The van der Waals surface area contributed by atoms with Crippen LogP contribution in [0.25, 0.3) is 0 Å². The number of halogens is 2. The molecule has 0 amide bonds. The molecule has 1 heterocycles. The summed E-state index contributed by atoms with van der Waals surface area (Å²) in [5, 5.41) is 6.67. The standard InChI is InChI=1S/C19H31FN4O.HI/c1-4-21-19(22-13-16-7-5-6-8-17(16)20)23-14-18(15(2)3)24-9-11-25-12-10-24;/h5-8,15,18H,4,9-14H2,1-3H3,(H2,21,22,23);1H. The van der Waals surface area contributed by atoms with Gasteiger partial charge in [-0.05, 0) is 18.9 Å². The maximum atomic E-state index is 13.8. The minimum absolute atomic E-state index is 0. The van der Waals surface area contributed by atoms with Crippen LogP contribution in [0.1, 0.15) is 26.3 Å². The van der Waals surface area contributed by atoms with Gasteiger partial charge in [0, 0.05) is 37.8 Å². The SMILES string of the molecule is CCNC(=NCc1ccccc1F)NCC(C(C)C)N1CCOCC1.I. The molecule has 2 rings (SSSR count). The first-order valence-electron chi connectivity index (χ1n) is 9.19. The summed E-state index contributed by atoms with van der Waals surface area (Å²) in [7, 11) is 0. The summed E-state index contributed by atoms with van der Waals surface area (Å²) in [6.45, 7) is 11.9. The molecule has 1 unspecified atom stereocenters. The molecule has 1 aromatic rings. The molecule has 0 bridgehead atoms. The molecule has 1 aromatic carbocycles. The molecule has 26 heavy (non-hydrogen) atoms. The minimum Gasteiger partial charge on any atom is -0.379 e. The van der Waals surface area contributed by atoms with Crippen LogP contribution in [0.15, 0.2) is 29.3 Å². The molecule has 0 spiro atoms. The van der Waals surface area contributed by atoms with Crippen molar-refractivity contribution in [3.05, 3.63) is 35.6 Å². The molecule has 5 nitrogen and oxygen atoms in total. The maximum Gasteiger partial charge on any atom is 0.191 e. The zero-order valence-electron chi connectivity index (χ0n) is 16.0. The average Bonchev–Trinajstić information content (AvgIpc) is 2.61. The molecule has 1 atom stereocenters. The highest BCUT2D eigenvalue weighted by Gasteiger charge is 2.23. The van der Waals surface area contributed by atoms with E-state index in [0.717, 1.165) is 45.4 Å². The van der Waals surface area contributed by atoms with Gasteiger partial charge < -0.3 is 15.4 Å². The average molecular weight is 478 g/mol. The molecule has 148 valence electrons. The van der Waals surface area contributed by atoms with E-state index in [1.807, 2.05) is 13.0 Å². The molecule has 0 aromatic heterocycles. The molecule has 1 fully saturated rings. The second kappa shape index (κ2) is 12.5. The van der Waals surface area contributed by atoms with Gasteiger partial charge in [-0.1, -0.05) is 32.0 Å². The fourth-order valence-electron chi connectivity index (χ4n) is 3.03. The van der Waals surface area contributed by atoms with Crippen molar-refractivity contribution in [1.29, 1.82) is 0 Å². The number of nitrogens with zero attached hydrogens (tertiary/aromatic N) is 2. The molecule has 0 radical (unpaired) electrons. The zero-order chi connectivity index (χ0) is 18.1. The van der Waals surface area contributed by atoms with Crippen molar-refractivity contribution in [1.82, 2.24) is 15.5 Å². The summed E-state index contributed by atoms with van der Waals surface area (Å²) in [4.78, 5) is 7.01. The summed E-state index contributed by atoms with van der Waals surface area (Å²) in [6.07, 6.45) is 0. The van der Waals surface area contributed by atoms with Gasteiger partial charge in [0.2, 0.25) is 0 Å². The van der Waals surface area contributed by atoms with Crippen molar-refractivity contribution < 1.29 is 9.13 Å². The highest BCUT2D eigenvalue weighted by Crippen LogP contribution is 2.12. The lowest BCUT2D eigenvalue weighted by Gasteiger charge is -2.37. The number of rotatable bonds is 7. The number of nitrogens with one attached hydrogen (secondary N) is 2. The van der Waals surface area contributed by atoms with Crippen molar-refractivity contribution in [2.75, 3.05) is 39.4 Å². The molecule has 0 aliphatic carbocycles. The van der Waals surface area contributed by atoms with Gasteiger partial charge in [-0.3, -0.25) is 4.90 Å². The summed E-state index contributed by atoms with van der Waals surface area (Å²) in [5.74, 6) is 1.04. The fraction of sp³-hybridized carbons (Fsp3) is 0.632. The van der Waals surface area contributed by atoms with Gasteiger partial charge in [0.05, 0.1) is 19.8 Å². The third-order valence-electron chi connectivity index (χ3n) is 4.47. The second-order valence-corrected chi connectivity index (χ2v) is 6.63. The van der Waals surface area contributed by atoms with E-state index in [9.17, 15) is 4.39 Å². The van der Waals surface area contributed by atoms with Crippen LogP contribution in [0.3, 0.4) is 0 Å². The topological polar surface area (TPSA) is 48.9 Å². The van der Waals surface area contributed by atoms with Crippen LogP contribution >= 0.6 is 24.0 Å². The molecule has 1 aliphatic heterocycles. The Morgan fingerprint density at radius 2 is 1.92 bits per heavy atom. The third kappa shape index (κ3) is 7.36. The van der Waals surface area contributed by atoms with E-state index < -0.39 is 0 Å². The maximum absolute atomic E-state index is 13.8. The van der Waals surface area contributed by atoms with Crippen LogP contribution in [0.5, 0.6) is 0 Å². The van der Waals surface area contributed by atoms with Gasteiger partial charge in [-0.25, -0.2) is 9.38 Å². The van der Waals surface area contributed by atoms with Gasteiger partial charge in [0.1, 0.15) is 5.82 Å². The normalized spacial score (nSPS) is 16.9. The minimum atomic E-state index is -0.213. The van der Waals surface area contributed by atoms with Crippen molar-refractivity contribution in [2.45, 2.75) is 33.4 Å². The highest BCUT2D eigenvalue weighted by atomic mass is 127. The van der Waals surface area contributed by atoms with Crippen LogP contribution in [0.2, 0.25) is 0 Å². The first-order chi connectivity index (χ1) is 12.1. The predicted molar refractivity (Wildman–Crippen MR) is 116 cm³/mol. The second-order valence-electron chi connectivity index (χ2n) is 6.63. The van der Waals surface area contributed by atoms with Crippen molar-refractivity contribution in [3.63, 3.8) is 0 Å². The fourth-order valence-corrected chi connectivity index (χ4v) is 3.03. The van der Waals surface area contributed by atoms with Gasteiger partial charge in [-0.2, -0.15) is 0 Å². The molecule has 7 heteroatoms. The number of benzene rings is 1. The van der Waals surface area contributed by atoms with E-state index in [-0.39, 0.29) is 29.8 Å². The van der Waals surface area contributed by atoms with Gasteiger partial charge in [0.25, 0.3) is 0 Å². The first kappa shape index (κ1) is 23.1. The van der Waals surface area contributed by atoms with Crippen molar-refractivity contribution >= 4 is 29.9 Å². The van der Waals surface area contributed by atoms with E-state index in [0.29, 0.717) is 24.1 Å². The quantitative estimate of drug-likeness (QED) is 0.360. The monoisotopic (exact) mass is 478 g/mol. The van der Waals surface area contributed by atoms with E-state index >= 15 is 0 Å². The van der Waals surface area contributed by atoms with E-state index in [1.54, 1.807) is 12.1 Å². The summed E-state index contributed by atoms with van der Waals surface area (Å²) >= 11 is 0. The first-order valence-corrected chi connectivity index (χ1v) is 9.19. The molecule has 1 aliphatic rings. The van der Waals surface area contributed by atoms with Crippen LogP contribution in [0, 0.1) is 11.7 Å². The Hall–Kier alpha value is -0.930. The smallest absolute Gasteiger partial charge is 0.191 e. The Morgan fingerprint density at radius 3 is 2.54 bits per heavy atom. The lowest BCUT2D eigenvalue weighted by atomic mass is 10.0. The third-order valence-corrected chi connectivity index (χ3v) is 4.47. The Labute approximate surface area is 173 Å². The van der Waals surface area contributed by atoms with Gasteiger partial charge in [-0.15, -0.1) is 24.0 Å². The Bertz CT molecular complexity index is 550. The van der Waals surface area contributed by atoms with Gasteiger partial charge in [0.15, 0.2) is 5.96 Å². The van der Waals surface area contributed by atoms with Crippen molar-refractivity contribution in [2.24, 2.45) is 10.9 Å². The van der Waals surface area contributed by atoms with Crippen molar-refractivity contribution in [3.8, 4) is 0 Å². The predicted octanol–water partition coefficient (Wildman–Crippen LogP) is 2.86. The Kier molecular flexibility index (Phi) is 11.1. The summed E-state index contributed by atoms with van der Waals surface area (Å²) < 4.78 is 19.2. The number of hydrogen-bond donors (Lipinski definition) is 2. The van der Waals surface area contributed by atoms with Crippen LogP contribution in [-0.4, -0.2) is 56.3 Å². The highest BCUT2D eigenvalue weighted by molar-refractivity contribution is 14.0. The largest absolute Gasteiger partial charge is 0.379 e. The van der Waals surface area contributed by atoms with Crippen LogP contribution < -0.4 is 10.6 Å². The number of guanidine groups is 1. The van der Waals surface area contributed by atoms with Crippen LogP contribution in [-0.2, 0) is 11.3 Å². The van der Waals surface area contributed by atoms with E-state index in [2.05, 4.69) is 34.4 Å². The lowest BCUT2D eigenvalue weighted by molar-refractivity contribution is 0.00752. The summed E-state index contributed by atoms with van der Waals surface area (Å²) in [6, 6.07) is 7.19. The Morgan fingerprint density at radius 1 is 1.23 bits per heavy atom. The van der Waals surface area contributed by atoms with E-state index in [4.69, 9.17) is 4.74 Å². The number of aliphatic imine (C=N–C) groups is 1. The number of morpholine rings is 1. The zero-order valence-corrected chi connectivity index (χ0v) is 18.3. The number of ether oxygens (including phenoxy) is 1. The Balaban J connectivity index is 0.00000338. The van der Waals surface area contributed by atoms with Crippen LogP contribution in [0.4, 0.5) is 4.39 Å². The van der Waals surface area contributed by atoms with Gasteiger partial charge >= 0.3 is 0 Å². The molecular formula is C19H32FIN4O. The lowest BCUT2D eigenvalue weighted by Crippen LogP contribution is -2.52. The van der Waals surface area contributed by atoms with E-state index in [1.165, 1.54) is 6.07 Å². The molecule has 0 saturated carbocycles. The molecular weight excluding hydrogens is 446 g/mol. The molecule has 1 saturated heterocycles. The molecule has 2 N–H and O–H groups in total. The number of hydrogen-bond acceptors (Lipinski definition) is 3. The summed E-state index contributed by atoms with van der Waals surface area (Å²) in [5.41, 5.74) is 0.605.